The molecular formula is C12H18N4. The van der Waals surface area contributed by atoms with E-state index in [-0.39, 0.29) is 5.41 Å². The van der Waals surface area contributed by atoms with Crippen molar-refractivity contribution in [1.29, 1.82) is 5.26 Å². The summed E-state index contributed by atoms with van der Waals surface area (Å²) in [5.74, 6) is 0.767. The molecule has 4 heteroatoms. The van der Waals surface area contributed by atoms with E-state index in [9.17, 15) is 5.26 Å². The minimum atomic E-state index is -0.192. The molecule has 86 valence electrons. The van der Waals surface area contributed by atoms with E-state index in [1.54, 1.807) is 4.68 Å². The summed E-state index contributed by atoms with van der Waals surface area (Å²) in [6.07, 6.45) is 6.99. The number of rotatable bonds is 2. The van der Waals surface area contributed by atoms with E-state index in [0.717, 1.165) is 43.7 Å². The van der Waals surface area contributed by atoms with Crippen LogP contribution in [0.4, 0.5) is 0 Å². The molecule has 0 amide bonds. The number of hydrogen-bond donors (Lipinski definition) is 0. The van der Waals surface area contributed by atoms with E-state index in [0.29, 0.717) is 0 Å². The molecule has 1 fully saturated rings. The quantitative estimate of drug-likeness (QED) is 0.763. The van der Waals surface area contributed by atoms with Gasteiger partial charge in [0, 0.05) is 19.7 Å². The fraction of sp³-hybridized carbons (Fsp3) is 0.750. The Labute approximate surface area is 96.3 Å². The predicted octanol–water partition coefficient (Wildman–Crippen LogP) is 2.08. The molecule has 0 saturated heterocycles. The zero-order chi connectivity index (χ0) is 11.6. The third-order valence-electron chi connectivity index (χ3n) is 3.64. The Bertz CT molecular complexity index is 393. The molecule has 0 bridgehead atoms. The molecule has 4 nitrogen and oxygen atoms in total. The van der Waals surface area contributed by atoms with Gasteiger partial charge in [0.15, 0.2) is 0 Å². The highest BCUT2D eigenvalue weighted by atomic mass is 15.4. The van der Waals surface area contributed by atoms with Crippen LogP contribution < -0.4 is 0 Å². The zero-order valence-electron chi connectivity index (χ0n) is 9.98. The highest BCUT2D eigenvalue weighted by Gasteiger charge is 2.35. The summed E-state index contributed by atoms with van der Waals surface area (Å²) in [6.45, 7) is 2.27. The second kappa shape index (κ2) is 4.25. The molecular weight excluding hydrogens is 200 g/mol. The van der Waals surface area contributed by atoms with E-state index < -0.39 is 0 Å². The van der Waals surface area contributed by atoms with Gasteiger partial charge in [0.1, 0.15) is 0 Å². The van der Waals surface area contributed by atoms with Gasteiger partial charge in [-0.05, 0) is 31.6 Å². The van der Waals surface area contributed by atoms with E-state index in [4.69, 9.17) is 0 Å². The summed E-state index contributed by atoms with van der Waals surface area (Å²) >= 11 is 0. The topological polar surface area (TPSA) is 54.5 Å². The predicted molar refractivity (Wildman–Crippen MR) is 60.4 cm³/mol. The third kappa shape index (κ3) is 2.24. The Balaban J connectivity index is 2.08. The molecule has 0 N–H and O–H groups in total. The molecule has 0 spiro atoms. The number of nitriles is 1. The lowest BCUT2D eigenvalue weighted by Gasteiger charge is -2.32. The summed E-state index contributed by atoms with van der Waals surface area (Å²) in [7, 11) is 1.86. The van der Waals surface area contributed by atoms with Crippen molar-refractivity contribution in [2.45, 2.75) is 39.0 Å². The van der Waals surface area contributed by atoms with Gasteiger partial charge in [0.05, 0.1) is 17.2 Å². The highest BCUT2D eigenvalue weighted by molar-refractivity contribution is 5.09. The molecule has 0 aliphatic heterocycles. The van der Waals surface area contributed by atoms with Crippen LogP contribution in [0.3, 0.4) is 0 Å². The summed E-state index contributed by atoms with van der Waals surface area (Å²) in [6, 6.07) is 2.52. The Morgan fingerprint density at radius 3 is 2.75 bits per heavy atom. The molecule has 0 unspecified atom stereocenters. The molecule has 1 aromatic heterocycles. The second-order valence-electron chi connectivity index (χ2n) is 5.13. The van der Waals surface area contributed by atoms with Crippen LogP contribution >= 0.6 is 0 Å². The maximum atomic E-state index is 9.39. The Morgan fingerprint density at radius 2 is 2.25 bits per heavy atom. The average Bonchev–Trinajstić information content (AvgIpc) is 2.68. The van der Waals surface area contributed by atoms with E-state index in [2.05, 4.69) is 23.3 Å². The first-order valence-corrected chi connectivity index (χ1v) is 5.90. The number of hydrogen-bond acceptors (Lipinski definition) is 3. The first kappa shape index (κ1) is 11.1. The summed E-state index contributed by atoms with van der Waals surface area (Å²) in [4.78, 5) is 0. The zero-order valence-corrected chi connectivity index (χ0v) is 9.98. The van der Waals surface area contributed by atoms with Crippen LogP contribution in [0, 0.1) is 22.7 Å². The molecule has 1 aromatic rings. The highest BCUT2D eigenvalue weighted by Crippen LogP contribution is 2.40. The van der Waals surface area contributed by atoms with Crippen LogP contribution in [-0.2, 0) is 13.5 Å². The molecule has 1 aliphatic carbocycles. The lowest BCUT2D eigenvalue weighted by Crippen LogP contribution is -2.27. The van der Waals surface area contributed by atoms with Crippen LogP contribution in [0.5, 0.6) is 0 Å². The number of nitrogens with zero attached hydrogens (tertiary/aromatic N) is 4. The smallest absolute Gasteiger partial charge is 0.0842 e. The normalized spacial score (nSPS) is 29.9. The molecule has 16 heavy (non-hydrogen) atoms. The molecule has 1 saturated carbocycles. The average molecular weight is 218 g/mol. The van der Waals surface area contributed by atoms with Crippen molar-refractivity contribution in [3.8, 4) is 6.07 Å². The Hall–Kier alpha value is -1.37. The maximum Gasteiger partial charge on any atom is 0.0842 e. The van der Waals surface area contributed by atoms with Crippen molar-refractivity contribution < 1.29 is 0 Å². The minimum Gasteiger partial charge on any atom is -0.255 e. The standard InChI is InChI=1S/C12H18N4/c1-10-3-5-12(9-13,6-4-10)7-11-8-16(2)15-14-11/h8,10H,3-7H2,1-2H3. The fourth-order valence-corrected chi connectivity index (χ4v) is 2.47. The second-order valence-corrected chi connectivity index (χ2v) is 5.13. The van der Waals surface area contributed by atoms with Crippen LogP contribution in [-0.4, -0.2) is 15.0 Å². The first-order valence-electron chi connectivity index (χ1n) is 5.90. The van der Waals surface area contributed by atoms with Gasteiger partial charge in [0.25, 0.3) is 0 Å². The van der Waals surface area contributed by atoms with Gasteiger partial charge < -0.3 is 0 Å². The molecule has 0 atom stereocenters. The van der Waals surface area contributed by atoms with Gasteiger partial charge in [0.2, 0.25) is 0 Å². The van der Waals surface area contributed by atoms with Gasteiger partial charge in [-0.1, -0.05) is 12.1 Å². The molecule has 1 heterocycles. The van der Waals surface area contributed by atoms with Crippen molar-refractivity contribution in [3.63, 3.8) is 0 Å². The van der Waals surface area contributed by atoms with Crippen LogP contribution in [0.2, 0.25) is 0 Å². The minimum absolute atomic E-state index is 0.192. The van der Waals surface area contributed by atoms with Gasteiger partial charge in [-0.25, -0.2) is 0 Å². The van der Waals surface area contributed by atoms with Crippen molar-refractivity contribution in [1.82, 2.24) is 15.0 Å². The van der Waals surface area contributed by atoms with Crippen molar-refractivity contribution in [3.05, 3.63) is 11.9 Å². The molecule has 0 radical (unpaired) electrons. The molecule has 1 aliphatic rings. The SMILES string of the molecule is CC1CCC(C#N)(Cc2cn(C)nn2)CC1. The monoisotopic (exact) mass is 218 g/mol. The largest absolute Gasteiger partial charge is 0.255 e. The van der Waals surface area contributed by atoms with Crippen molar-refractivity contribution in [2.75, 3.05) is 0 Å². The Kier molecular flexibility index (Phi) is 2.95. The number of aryl methyl sites for hydroxylation is 1. The van der Waals surface area contributed by atoms with Crippen LogP contribution in [0.25, 0.3) is 0 Å². The van der Waals surface area contributed by atoms with Gasteiger partial charge >= 0.3 is 0 Å². The number of aromatic nitrogens is 3. The van der Waals surface area contributed by atoms with Crippen LogP contribution in [0.15, 0.2) is 6.20 Å². The van der Waals surface area contributed by atoms with Crippen LogP contribution in [0.1, 0.15) is 38.3 Å². The van der Waals surface area contributed by atoms with Gasteiger partial charge in [-0.3, -0.25) is 4.68 Å². The van der Waals surface area contributed by atoms with Crippen molar-refractivity contribution >= 4 is 0 Å². The molecule has 2 rings (SSSR count). The van der Waals surface area contributed by atoms with E-state index >= 15 is 0 Å². The van der Waals surface area contributed by atoms with Crippen molar-refractivity contribution in [2.24, 2.45) is 18.4 Å². The summed E-state index contributed by atoms with van der Waals surface area (Å²) in [5, 5.41) is 17.4. The third-order valence-corrected chi connectivity index (χ3v) is 3.64. The maximum absolute atomic E-state index is 9.39. The Morgan fingerprint density at radius 1 is 1.56 bits per heavy atom. The lowest BCUT2D eigenvalue weighted by atomic mass is 9.69. The fourth-order valence-electron chi connectivity index (χ4n) is 2.47. The lowest BCUT2D eigenvalue weighted by molar-refractivity contribution is 0.217. The van der Waals surface area contributed by atoms with Gasteiger partial charge in [-0.2, -0.15) is 5.26 Å². The van der Waals surface area contributed by atoms with E-state index in [1.807, 2.05) is 13.2 Å². The van der Waals surface area contributed by atoms with Gasteiger partial charge in [-0.15, -0.1) is 5.10 Å². The van der Waals surface area contributed by atoms with E-state index in [1.165, 1.54) is 0 Å². The first-order chi connectivity index (χ1) is 7.63. The summed E-state index contributed by atoms with van der Waals surface area (Å²) < 4.78 is 1.70. The summed E-state index contributed by atoms with van der Waals surface area (Å²) in [5.41, 5.74) is 0.751. The molecule has 0 aromatic carbocycles.